The van der Waals surface area contributed by atoms with Gasteiger partial charge >= 0.3 is 0 Å². The molecule has 1 aliphatic rings. The summed E-state index contributed by atoms with van der Waals surface area (Å²) in [4.78, 5) is 14.5. The van der Waals surface area contributed by atoms with E-state index in [1.807, 2.05) is 41.3 Å². The summed E-state index contributed by atoms with van der Waals surface area (Å²) in [6, 6.07) is 17.6. The number of nitrogens with zero attached hydrogens (tertiary/aromatic N) is 3. The maximum Gasteiger partial charge on any atom is 0.241 e. The largest absolute Gasteiger partial charge is 0.325 e. The summed E-state index contributed by atoms with van der Waals surface area (Å²) >= 11 is 0. The number of hydrogen-bond donors (Lipinski definition) is 1. The summed E-state index contributed by atoms with van der Waals surface area (Å²) in [6.07, 6.45) is 1.59. The van der Waals surface area contributed by atoms with Crippen molar-refractivity contribution in [3.63, 3.8) is 0 Å². The number of rotatable bonds is 6. The van der Waals surface area contributed by atoms with E-state index in [4.69, 9.17) is 5.26 Å². The van der Waals surface area contributed by atoms with Gasteiger partial charge in [0.25, 0.3) is 0 Å². The van der Waals surface area contributed by atoms with Crippen LogP contribution in [0.15, 0.2) is 60.0 Å². The molecule has 2 aromatic rings. The van der Waals surface area contributed by atoms with Crippen molar-refractivity contribution in [2.75, 3.05) is 31.5 Å². The molecule has 156 valence electrons. The molecule has 1 N–H and O–H groups in total. The highest BCUT2D eigenvalue weighted by atomic mass is 32.2. The zero-order valence-electron chi connectivity index (χ0n) is 16.7. The van der Waals surface area contributed by atoms with E-state index in [0.717, 1.165) is 5.56 Å². The molecule has 2 aromatic carbocycles. The van der Waals surface area contributed by atoms with Crippen molar-refractivity contribution < 1.29 is 13.2 Å². The minimum Gasteiger partial charge on any atom is -0.325 e. The molecule has 0 saturated carbocycles. The molecule has 1 saturated heterocycles. The molecule has 3 rings (SSSR count). The molecule has 0 spiro atoms. The van der Waals surface area contributed by atoms with Crippen molar-refractivity contribution in [1.29, 1.82) is 5.26 Å². The number of carbonyl (C=O) groups excluding carboxylic acids is 1. The van der Waals surface area contributed by atoms with Crippen LogP contribution in [0.2, 0.25) is 0 Å². The molecule has 0 aliphatic carbocycles. The second-order valence-corrected chi connectivity index (χ2v) is 8.87. The van der Waals surface area contributed by atoms with Crippen LogP contribution in [0.5, 0.6) is 0 Å². The van der Waals surface area contributed by atoms with E-state index in [1.54, 1.807) is 37.3 Å². The second-order valence-electron chi connectivity index (χ2n) is 7.05. The Morgan fingerprint density at radius 1 is 1.07 bits per heavy atom. The van der Waals surface area contributed by atoms with Gasteiger partial charge in [0, 0.05) is 37.3 Å². The van der Waals surface area contributed by atoms with E-state index < -0.39 is 16.1 Å². The average Bonchev–Trinajstić information content (AvgIpc) is 2.78. The van der Waals surface area contributed by atoms with Crippen molar-refractivity contribution in [2.45, 2.75) is 13.0 Å². The van der Waals surface area contributed by atoms with Crippen LogP contribution in [0.25, 0.3) is 6.08 Å². The zero-order chi connectivity index (χ0) is 21.6. The number of sulfonamides is 1. The molecule has 1 heterocycles. The van der Waals surface area contributed by atoms with Gasteiger partial charge in [-0.1, -0.05) is 30.3 Å². The first-order valence-electron chi connectivity index (χ1n) is 9.67. The fourth-order valence-corrected chi connectivity index (χ4v) is 4.37. The highest BCUT2D eigenvalue weighted by Crippen LogP contribution is 2.15. The molecular weight excluding hydrogens is 400 g/mol. The summed E-state index contributed by atoms with van der Waals surface area (Å²) in [7, 11) is -3.51. The lowest BCUT2D eigenvalue weighted by Crippen LogP contribution is -2.53. The molecule has 8 heteroatoms. The Labute approximate surface area is 177 Å². The number of nitriles is 1. The SMILES string of the molecule is CC(C(=O)Nc1ccc(C#N)cc1)N1CCN(S(=O)(=O)/C=C/c2ccccc2)CC1. The average molecular weight is 425 g/mol. The van der Waals surface area contributed by atoms with Gasteiger partial charge in [0.05, 0.1) is 17.7 Å². The fourth-order valence-electron chi connectivity index (χ4n) is 3.20. The van der Waals surface area contributed by atoms with Crippen molar-refractivity contribution in [2.24, 2.45) is 0 Å². The van der Waals surface area contributed by atoms with Crippen LogP contribution >= 0.6 is 0 Å². The van der Waals surface area contributed by atoms with Gasteiger partial charge in [0.1, 0.15) is 0 Å². The van der Waals surface area contributed by atoms with Crippen LogP contribution < -0.4 is 5.32 Å². The first kappa shape index (κ1) is 21.7. The lowest BCUT2D eigenvalue weighted by molar-refractivity contribution is -0.121. The topological polar surface area (TPSA) is 93.5 Å². The fraction of sp³-hybridized carbons (Fsp3) is 0.273. The molecular formula is C22H24N4O3S. The highest BCUT2D eigenvalue weighted by Gasteiger charge is 2.29. The zero-order valence-corrected chi connectivity index (χ0v) is 17.5. The van der Waals surface area contributed by atoms with Gasteiger partial charge in [-0.05, 0) is 42.8 Å². The number of nitrogens with one attached hydrogen (secondary N) is 1. The van der Waals surface area contributed by atoms with Gasteiger partial charge in [-0.2, -0.15) is 9.57 Å². The van der Waals surface area contributed by atoms with Crippen LogP contribution in [-0.2, 0) is 14.8 Å². The third-order valence-electron chi connectivity index (χ3n) is 5.07. The van der Waals surface area contributed by atoms with E-state index in [1.165, 1.54) is 9.71 Å². The van der Waals surface area contributed by atoms with Crippen LogP contribution in [-0.4, -0.2) is 55.8 Å². The first-order valence-corrected chi connectivity index (χ1v) is 11.2. The number of carbonyl (C=O) groups is 1. The van der Waals surface area contributed by atoms with E-state index in [2.05, 4.69) is 5.32 Å². The summed E-state index contributed by atoms with van der Waals surface area (Å²) in [5.41, 5.74) is 1.98. The van der Waals surface area contributed by atoms with Crippen LogP contribution in [0.1, 0.15) is 18.1 Å². The Morgan fingerprint density at radius 2 is 1.70 bits per heavy atom. The predicted octanol–water partition coefficient (Wildman–Crippen LogP) is 2.50. The standard InChI is InChI=1S/C22H24N4O3S/c1-18(22(27)24-21-9-7-20(17-23)8-10-21)25-12-14-26(15-13-25)30(28,29)16-11-19-5-3-2-4-6-19/h2-11,16,18H,12-15H2,1H3,(H,24,27)/b16-11+. The lowest BCUT2D eigenvalue weighted by Gasteiger charge is -2.36. The van der Waals surface area contributed by atoms with Crippen LogP contribution in [0, 0.1) is 11.3 Å². The third-order valence-corrected chi connectivity index (χ3v) is 6.64. The quantitative estimate of drug-likeness (QED) is 0.769. The van der Waals surface area contributed by atoms with Crippen molar-refractivity contribution in [3.05, 3.63) is 71.1 Å². The smallest absolute Gasteiger partial charge is 0.241 e. The maximum absolute atomic E-state index is 12.6. The molecule has 1 unspecified atom stereocenters. The minimum absolute atomic E-state index is 0.167. The van der Waals surface area contributed by atoms with E-state index in [0.29, 0.717) is 37.4 Å². The summed E-state index contributed by atoms with van der Waals surface area (Å²) in [5, 5.41) is 12.9. The molecule has 1 atom stereocenters. The number of piperazine rings is 1. The molecule has 30 heavy (non-hydrogen) atoms. The van der Waals surface area contributed by atoms with E-state index >= 15 is 0 Å². The number of amides is 1. The highest BCUT2D eigenvalue weighted by molar-refractivity contribution is 7.92. The predicted molar refractivity (Wildman–Crippen MR) is 117 cm³/mol. The van der Waals surface area contributed by atoms with Gasteiger partial charge in [0.2, 0.25) is 15.9 Å². The van der Waals surface area contributed by atoms with E-state index in [-0.39, 0.29) is 5.91 Å². The molecule has 1 aliphatic heterocycles. The van der Waals surface area contributed by atoms with Crippen molar-refractivity contribution in [1.82, 2.24) is 9.21 Å². The van der Waals surface area contributed by atoms with Gasteiger partial charge < -0.3 is 5.32 Å². The summed E-state index contributed by atoms with van der Waals surface area (Å²) in [5.74, 6) is -0.167. The number of anilines is 1. The van der Waals surface area contributed by atoms with Gasteiger partial charge in [-0.25, -0.2) is 8.42 Å². The minimum atomic E-state index is -3.51. The van der Waals surface area contributed by atoms with E-state index in [9.17, 15) is 13.2 Å². The molecule has 7 nitrogen and oxygen atoms in total. The third kappa shape index (κ3) is 5.54. The monoisotopic (exact) mass is 424 g/mol. The lowest BCUT2D eigenvalue weighted by atomic mass is 10.2. The van der Waals surface area contributed by atoms with Crippen molar-refractivity contribution >= 4 is 27.7 Å². The molecule has 1 fully saturated rings. The molecule has 1 amide bonds. The summed E-state index contributed by atoms with van der Waals surface area (Å²) in [6.45, 7) is 3.41. The van der Waals surface area contributed by atoms with Gasteiger partial charge in [0.15, 0.2) is 0 Å². The molecule has 0 aromatic heterocycles. The Balaban J connectivity index is 1.54. The Hall–Kier alpha value is -2.99. The Kier molecular flexibility index (Phi) is 7.00. The Morgan fingerprint density at radius 3 is 2.30 bits per heavy atom. The van der Waals surface area contributed by atoms with Crippen LogP contribution in [0.3, 0.4) is 0 Å². The second kappa shape index (κ2) is 9.67. The van der Waals surface area contributed by atoms with Gasteiger partial charge in [-0.3, -0.25) is 9.69 Å². The van der Waals surface area contributed by atoms with Gasteiger partial charge in [-0.15, -0.1) is 0 Å². The Bertz CT molecular complexity index is 1040. The van der Waals surface area contributed by atoms with Crippen molar-refractivity contribution in [3.8, 4) is 6.07 Å². The first-order chi connectivity index (χ1) is 14.4. The normalized spacial score (nSPS) is 16.8. The number of hydrogen-bond acceptors (Lipinski definition) is 5. The molecule has 0 bridgehead atoms. The number of benzene rings is 2. The molecule has 0 radical (unpaired) electrons. The summed E-state index contributed by atoms with van der Waals surface area (Å²) < 4.78 is 26.6. The maximum atomic E-state index is 12.6. The van der Waals surface area contributed by atoms with Crippen LogP contribution in [0.4, 0.5) is 5.69 Å².